The highest BCUT2D eigenvalue weighted by Gasteiger charge is 2.33. The van der Waals surface area contributed by atoms with Crippen LogP contribution in [0.2, 0.25) is 0 Å². The van der Waals surface area contributed by atoms with Crippen molar-refractivity contribution in [3.63, 3.8) is 0 Å². The molecule has 1 aromatic heterocycles. The summed E-state index contributed by atoms with van der Waals surface area (Å²) in [5.41, 5.74) is 0.840. The first-order chi connectivity index (χ1) is 11.5. The van der Waals surface area contributed by atoms with Crippen LogP contribution in [-0.2, 0) is 9.59 Å². The number of Topliss-reactive ketones (excluding diaryl/α,β-unsaturated/α-hetero) is 1. The molecule has 0 unspecified atom stereocenters. The van der Waals surface area contributed by atoms with Gasteiger partial charge in [-0.25, -0.2) is 9.78 Å². The van der Waals surface area contributed by atoms with Crippen LogP contribution in [0, 0.1) is 5.92 Å². The van der Waals surface area contributed by atoms with Crippen LogP contribution in [0.4, 0.5) is 0 Å². The molecule has 0 bridgehead atoms. The minimum Gasteiger partial charge on any atom is -0.480 e. The predicted octanol–water partition coefficient (Wildman–Crippen LogP) is 2.18. The van der Waals surface area contributed by atoms with Gasteiger partial charge in [-0.15, -0.1) is 0 Å². The topological polar surface area (TPSA) is 96.4 Å². The Morgan fingerprint density at radius 2 is 2.00 bits per heavy atom. The van der Waals surface area contributed by atoms with E-state index >= 15 is 0 Å². The Labute approximate surface area is 138 Å². The molecular formula is C18H18N2O4. The van der Waals surface area contributed by atoms with Crippen LogP contribution in [0.3, 0.4) is 0 Å². The van der Waals surface area contributed by atoms with Gasteiger partial charge in [0, 0.05) is 18.2 Å². The lowest BCUT2D eigenvalue weighted by atomic mass is 9.83. The standard InChI is InChI=1S/C18H18N2O4/c21-13-6-3-5-12(10-13)16(18(23)24)20-17(22)15-9-8-11-4-1-2-7-14(11)19-15/h1-2,4,7-9,12,16H,3,5-6,10H2,(H,20,22)(H,23,24)/t12-,16+/m0/s1. The van der Waals surface area contributed by atoms with Crippen LogP contribution in [-0.4, -0.2) is 33.8 Å². The lowest BCUT2D eigenvalue weighted by molar-refractivity contribution is -0.141. The van der Waals surface area contributed by atoms with Crippen molar-refractivity contribution in [1.29, 1.82) is 0 Å². The number of hydrogen-bond donors (Lipinski definition) is 2. The van der Waals surface area contributed by atoms with Crippen molar-refractivity contribution < 1.29 is 19.5 Å². The Kier molecular flexibility index (Phi) is 4.55. The first-order valence-corrected chi connectivity index (χ1v) is 7.96. The van der Waals surface area contributed by atoms with Gasteiger partial charge in [0.05, 0.1) is 5.52 Å². The first kappa shape index (κ1) is 16.1. The molecule has 1 aliphatic rings. The molecule has 1 aromatic carbocycles. The number of aromatic nitrogens is 1. The number of carbonyl (C=O) groups is 3. The molecule has 6 heteroatoms. The number of para-hydroxylation sites is 1. The highest BCUT2D eigenvalue weighted by atomic mass is 16.4. The summed E-state index contributed by atoms with van der Waals surface area (Å²) in [6.07, 6.45) is 1.97. The molecule has 1 fully saturated rings. The summed E-state index contributed by atoms with van der Waals surface area (Å²) < 4.78 is 0. The van der Waals surface area contributed by atoms with Crippen molar-refractivity contribution in [2.24, 2.45) is 5.92 Å². The highest BCUT2D eigenvalue weighted by Crippen LogP contribution is 2.25. The van der Waals surface area contributed by atoms with Crippen LogP contribution in [0.15, 0.2) is 36.4 Å². The molecule has 1 aliphatic carbocycles. The zero-order valence-corrected chi connectivity index (χ0v) is 13.1. The monoisotopic (exact) mass is 326 g/mol. The van der Waals surface area contributed by atoms with E-state index < -0.39 is 17.9 Å². The molecule has 0 spiro atoms. The van der Waals surface area contributed by atoms with Crippen molar-refractivity contribution in [2.75, 3.05) is 0 Å². The Balaban J connectivity index is 1.79. The number of hydrogen-bond acceptors (Lipinski definition) is 4. The summed E-state index contributed by atoms with van der Waals surface area (Å²) in [4.78, 5) is 39.8. The molecule has 2 aromatic rings. The van der Waals surface area contributed by atoms with E-state index in [1.165, 1.54) is 0 Å². The fourth-order valence-electron chi connectivity index (χ4n) is 3.13. The minimum absolute atomic E-state index is 0.0515. The van der Waals surface area contributed by atoms with Crippen molar-refractivity contribution >= 4 is 28.6 Å². The second-order valence-corrected chi connectivity index (χ2v) is 6.07. The molecular weight excluding hydrogens is 308 g/mol. The average molecular weight is 326 g/mol. The number of amides is 1. The SMILES string of the molecule is O=C1CCC[C@H]([C@@H](NC(=O)c2ccc3ccccc3n2)C(=O)O)C1. The Bertz CT molecular complexity index is 802. The molecule has 24 heavy (non-hydrogen) atoms. The van der Waals surface area contributed by atoms with E-state index in [1.54, 1.807) is 18.2 Å². The highest BCUT2D eigenvalue weighted by molar-refractivity contribution is 5.97. The van der Waals surface area contributed by atoms with Crippen LogP contribution in [0.25, 0.3) is 10.9 Å². The summed E-state index contributed by atoms with van der Waals surface area (Å²) in [5.74, 6) is -1.97. The molecule has 124 valence electrons. The number of ketones is 1. The zero-order chi connectivity index (χ0) is 17.1. The predicted molar refractivity (Wildman–Crippen MR) is 87.6 cm³/mol. The maximum absolute atomic E-state index is 12.4. The Hall–Kier alpha value is -2.76. The number of rotatable bonds is 4. The van der Waals surface area contributed by atoms with Gasteiger partial charge in [-0.05, 0) is 30.9 Å². The summed E-state index contributed by atoms with van der Waals surface area (Å²) in [7, 11) is 0. The number of nitrogens with one attached hydrogen (secondary N) is 1. The van der Waals surface area contributed by atoms with E-state index in [9.17, 15) is 19.5 Å². The van der Waals surface area contributed by atoms with Gasteiger partial charge in [0.2, 0.25) is 0 Å². The summed E-state index contributed by atoms with van der Waals surface area (Å²) in [6.45, 7) is 0. The first-order valence-electron chi connectivity index (χ1n) is 7.96. The van der Waals surface area contributed by atoms with Crippen molar-refractivity contribution in [3.05, 3.63) is 42.1 Å². The van der Waals surface area contributed by atoms with Gasteiger partial charge in [0.15, 0.2) is 0 Å². The third-order valence-electron chi connectivity index (χ3n) is 4.38. The quantitative estimate of drug-likeness (QED) is 0.897. The molecule has 6 nitrogen and oxygen atoms in total. The Morgan fingerprint density at radius 1 is 1.21 bits per heavy atom. The third kappa shape index (κ3) is 3.42. The van der Waals surface area contributed by atoms with Crippen molar-refractivity contribution in [2.45, 2.75) is 31.7 Å². The second-order valence-electron chi connectivity index (χ2n) is 6.07. The van der Waals surface area contributed by atoms with E-state index in [0.29, 0.717) is 24.8 Å². The molecule has 0 aliphatic heterocycles. The fourth-order valence-corrected chi connectivity index (χ4v) is 3.13. The number of carboxylic acid groups (broad SMARTS) is 1. The van der Waals surface area contributed by atoms with Crippen LogP contribution < -0.4 is 5.32 Å². The summed E-state index contributed by atoms with van der Waals surface area (Å²) in [5, 5.41) is 12.9. The molecule has 1 saturated carbocycles. The number of carboxylic acids is 1. The maximum atomic E-state index is 12.4. The number of fused-ring (bicyclic) bond motifs is 1. The number of pyridine rings is 1. The maximum Gasteiger partial charge on any atom is 0.326 e. The molecule has 1 amide bonds. The smallest absolute Gasteiger partial charge is 0.326 e. The molecule has 2 atom stereocenters. The van der Waals surface area contributed by atoms with Gasteiger partial charge in [-0.1, -0.05) is 24.3 Å². The molecule has 0 saturated heterocycles. The molecule has 2 N–H and O–H groups in total. The minimum atomic E-state index is -1.12. The summed E-state index contributed by atoms with van der Waals surface area (Å²) in [6, 6.07) is 9.66. The van der Waals surface area contributed by atoms with Gasteiger partial charge in [-0.3, -0.25) is 9.59 Å². The van der Waals surface area contributed by atoms with Crippen molar-refractivity contribution in [1.82, 2.24) is 10.3 Å². The molecule has 0 radical (unpaired) electrons. The number of nitrogens with zero attached hydrogens (tertiary/aromatic N) is 1. The average Bonchev–Trinajstić information content (AvgIpc) is 2.58. The van der Waals surface area contributed by atoms with Crippen LogP contribution in [0.5, 0.6) is 0 Å². The number of aliphatic carboxylic acids is 1. The largest absolute Gasteiger partial charge is 0.480 e. The van der Waals surface area contributed by atoms with E-state index in [0.717, 1.165) is 5.39 Å². The Morgan fingerprint density at radius 3 is 2.75 bits per heavy atom. The van der Waals surface area contributed by atoms with E-state index in [4.69, 9.17) is 0 Å². The lowest BCUT2D eigenvalue weighted by Crippen LogP contribution is -2.47. The van der Waals surface area contributed by atoms with Gasteiger partial charge in [0.25, 0.3) is 5.91 Å². The van der Waals surface area contributed by atoms with Crippen molar-refractivity contribution in [3.8, 4) is 0 Å². The van der Waals surface area contributed by atoms with E-state index in [1.807, 2.05) is 18.2 Å². The molecule has 3 rings (SSSR count). The molecule has 1 heterocycles. The van der Waals surface area contributed by atoms with E-state index in [-0.39, 0.29) is 23.8 Å². The summed E-state index contributed by atoms with van der Waals surface area (Å²) >= 11 is 0. The van der Waals surface area contributed by atoms with Crippen LogP contribution >= 0.6 is 0 Å². The van der Waals surface area contributed by atoms with E-state index in [2.05, 4.69) is 10.3 Å². The second kappa shape index (κ2) is 6.78. The van der Waals surface area contributed by atoms with Crippen LogP contribution in [0.1, 0.15) is 36.2 Å². The zero-order valence-electron chi connectivity index (χ0n) is 13.1. The fraction of sp³-hybridized carbons (Fsp3) is 0.333. The van der Waals surface area contributed by atoms with Gasteiger partial charge in [-0.2, -0.15) is 0 Å². The van der Waals surface area contributed by atoms with Gasteiger partial charge >= 0.3 is 5.97 Å². The third-order valence-corrected chi connectivity index (χ3v) is 4.38. The number of benzene rings is 1. The van der Waals surface area contributed by atoms with Gasteiger partial charge in [0.1, 0.15) is 17.5 Å². The van der Waals surface area contributed by atoms with Gasteiger partial charge < -0.3 is 10.4 Å². The normalized spacial score (nSPS) is 19.0. The number of carbonyl (C=O) groups excluding carboxylic acids is 2. The lowest BCUT2D eigenvalue weighted by Gasteiger charge is -2.27.